The van der Waals surface area contributed by atoms with Gasteiger partial charge < -0.3 is 9.15 Å². The number of Topliss-reactive ketones (excluding diaryl/α,β-unsaturated/α-hetero) is 1. The second-order valence-corrected chi connectivity index (χ2v) is 9.28. The van der Waals surface area contributed by atoms with Gasteiger partial charge in [0.15, 0.2) is 6.10 Å². The number of hydrogen-bond donors (Lipinski definition) is 0. The van der Waals surface area contributed by atoms with Gasteiger partial charge in [-0.3, -0.25) is 19.3 Å². The van der Waals surface area contributed by atoms with E-state index in [4.69, 9.17) is 9.15 Å². The predicted molar refractivity (Wildman–Crippen MR) is 124 cm³/mol. The van der Waals surface area contributed by atoms with Gasteiger partial charge in [-0.05, 0) is 48.2 Å². The lowest BCUT2D eigenvalue weighted by molar-refractivity contribution is 0.0318. The molecule has 0 aliphatic carbocycles. The summed E-state index contributed by atoms with van der Waals surface area (Å²) in [6.45, 7) is 7.75. The molecular weight excluding hydrogens is 434 g/mol. The first-order valence-electron chi connectivity index (χ1n) is 10.9. The average molecular weight is 459 g/mol. The summed E-state index contributed by atoms with van der Waals surface area (Å²) in [5, 5.41) is 0. The number of amides is 2. The highest BCUT2D eigenvalue weighted by Crippen LogP contribution is 2.27. The van der Waals surface area contributed by atoms with Crippen LogP contribution >= 0.6 is 0 Å². The van der Waals surface area contributed by atoms with Gasteiger partial charge in [0.1, 0.15) is 5.76 Å². The zero-order chi connectivity index (χ0) is 24.6. The average Bonchev–Trinajstić information content (AvgIpc) is 3.40. The van der Waals surface area contributed by atoms with Crippen molar-refractivity contribution in [2.24, 2.45) is 0 Å². The fraction of sp³-hybridized carbons (Fsp3) is 0.259. The van der Waals surface area contributed by atoms with Gasteiger partial charge in [-0.15, -0.1) is 0 Å². The maximum atomic E-state index is 12.8. The molecule has 2 heterocycles. The van der Waals surface area contributed by atoms with E-state index >= 15 is 0 Å². The first-order chi connectivity index (χ1) is 16.1. The predicted octanol–water partition coefficient (Wildman–Crippen LogP) is 4.80. The lowest BCUT2D eigenvalue weighted by atomic mass is 9.86. The Balaban J connectivity index is 1.46. The Morgan fingerprint density at radius 2 is 1.59 bits per heavy atom. The standard InChI is InChI=1S/C27H25NO6/c1-16(23(29)17-7-10-19(11-8-17)27(2,3)4)34-26(32)18-9-12-21-22(14-18)25(31)28(24(21)30)15-20-6-5-13-33-20/h5-14,16H,15H2,1-4H3. The normalized spacial score (nSPS) is 14.2. The number of ketones is 1. The second-order valence-electron chi connectivity index (χ2n) is 9.28. The third-order valence-electron chi connectivity index (χ3n) is 5.79. The monoisotopic (exact) mass is 459 g/mol. The van der Waals surface area contributed by atoms with Crippen LogP contribution in [0.15, 0.2) is 65.3 Å². The van der Waals surface area contributed by atoms with Crippen molar-refractivity contribution >= 4 is 23.6 Å². The van der Waals surface area contributed by atoms with Crippen LogP contribution in [0.5, 0.6) is 0 Å². The second kappa shape index (κ2) is 8.74. The van der Waals surface area contributed by atoms with Crippen molar-refractivity contribution in [1.82, 2.24) is 4.90 Å². The summed E-state index contributed by atoms with van der Waals surface area (Å²) >= 11 is 0. The van der Waals surface area contributed by atoms with E-state index in [1.807, 2.05) is 12.1 Å². The Morgan fingerprint density at radius 3 is 2.21 bits per heavy atom. The summed E-state index contributed by atoms with van der Waals surface area (Å²) < 4.78 is 10.6. The first-order valence-corrected chi connectivity index (χ1v) is 10.9. The fourth-order valence-corrected chi connectivity index (χ4v) is 3.77. The number of ether oxygens (including phenoxy) is 1. The summed E-state index contributed by atoms with van der Waals surface area (Å²) in [5.41, 5.74) is 1.89. The molecule has 1 unspecified atom stereocenters. The molecule has 2 amide bonds. The van der Waals surface area contributed by atoms with Crippen molar-refractivity contribution in [3.63, 3.8) is 0 Å². The minimum Gasteiger partial charge on any atom is -0.467 e. The number of imide groups is 1. The van der Waals surface area contributed by atoms with E-state index in [9.17, 15) is 19.2 Å². The van der Waals surface area contributed by atoms with Gasteiger partial charge in [0.25, 0.3) is 11.8 Å². The van der Waals surface area contributed by atoms with Crippen LogP contribution in [-0.2, 0) is 16.7 Å². The summed E-state index contributed by atoms with van der Waals surface area (Å²) in [6.07, 6.45) is 0.442. The number of furan rings is 1. The fourth-order valence-electron chi connectivity index (χ4n) is 3.77. The number of rotatable bonds is 6. The molecule has 174 valence electrons. The molecule has 1 atom stereocenters. The molecule has 0 radical (unpaired) electrons. The van der Waals surface area contributed by atoms with E-state index in [1.165, 1.54) is 31.4 Å². The molecule has 0 saturated carbocycles. The number of nitrogens with zero attached hydrogens (tertiary/aromatic N) is 1. The van der Waals surface area contributed by atoms with Crippen molar-refractivity contribution in [2.75, 3.05) is 0 Å². The third kappa shape index (κ3) is 4.41. The van der Waals surface area contributed by atoms with Crippen molar-refractivity contribution in [3.05, 3.63) is 94.4 Å². The molecule has 1 aromatic heterocycles. The van der Waals surface area contributed by atoms with Crippen molar-refractivity contribution in [3.8, 4) is 0 Å². The van der Waals surface area contributed by atoms with Crippen LogP contribution in [0.4, 0.5) is 0 Å². The minimum absolute atomic E-state index is 0.00132. The molecule has 0 saturated heterocycles. The number of hydrogen-bond acceptors (Lipinski definition) is 6. The van der Waals surface area contributed by atoms with Crippen molar-refractivity contribution in [2.45, 2.75) is 45.8 Å². The van der Waals surface area contributed by atoms with Gasteiger partial charge in [-0.2, -0.15) is 0 Å². The molecule has 7 heteroatoms. The van der Waals surface area contributed by atoms with Crippen LogP contribution in [0.2, 0.25) is 0 Å². The van der Waals surface area contributed by atoms with E-state index in [1.54, 1.807) is 24.3 Å². The van der Waals surface area contributed by atoms with Crippen LogP contribution in [0.1, 0.15) is 80.5 Å². The van der Waals surface area contributed by atoms with Crippen LogP contribution in [0, 0.1) is 0 Å². The number of esters is 1. The Kier molecular flexibility index (Phi) is 5.96. The molecule has 1 aliphatic rings. The van der Waals surface area contributed by atoms with E-state index in [2.05, 4.69) is 20.8 Å². The number of fused-ring (bicyclic) bond motifs is 1. The smallest absolute Gasteiger partial charge is 0.338 e. The van der Waals surface area contributed by atoms with Gasteiger partial charge in [-0.1, -0.05) is 45.0 Å². The summed E-state index contributed by atoms with van der Waals surface area (Å²) in [7, 11) is 0. The summed E-state index contributed by atoms with van der Waals surface area (Å²) in [4.78, 5) is 51.9. The van der Waals surface area contributed by atoms with Crippen molar-refractivity contribution in [1.29, 1.82) is 0 Å². The zero-order valence-electron chi connectivity index (χ0n) is 19.5. The highest BCUT2D eigenvalue weighted by atomic mass is 16.5. The number of carbonyl (C=O) groups excluding carboxylic acids is 4. The highest BCUT2D eigenvalue weighted by Gasteiger charge is 2.36. The molecule has 2 aromatic carbocycles. The Bertz CT molecular complexity index is 1270. The first kappa shape index (κ1) is 23.2. The lowest BCUT2D eigenvalue weighted by Gasteiger charge is -2.19. The van der Waals surface area contributed by atoms with Gasteiger partial charge in [0.2, 0.25) is 5.78 Å². The topological polar surface area (TPSA) is 93.9 Å². The molecule has 0 N–H and O–H groups in total. The molecule has 0 fully saturated rings. The quantitative estimate of drug-likeness (QED) is 0.299. The molecule has 7 nitrogen and oxygen atoms in total. The number of carbonyl (C=O) groups is 4. The minimum atomic E-state index is -1.02. The maximum absolute atomic E-state index is 12.8. The van der Waals surface area contributed by atoms with Gasteiger partial charge in [-0.25, -0.2) is 4.79 Å². The maximum Gasteiger partial charge on any atom is 0.338 e. The zero-order valence-corrected chi connectivity index (χ0v) is 19.5. The van der Waals surface area contributed by atoms with Crippen LogP contribution < -0.4 is 0 Å². The van der Waals surface area contributed by atoms with Crippen LogP contribution in [-0.4, -0.2) is 34.6 Å². The molecule has 34 heavy (non-hydrogen) atoms. The van der Waals surface area contributed by atoms with E-state index < -0.39 is 23.9 Å². The summed E-state index contributed by atoms with van der Waals surface area (Å²) in [6, 6.07) is 14.7. The van der Waals surface area contributed by atoms with Gasteiger partial charge in [0.05, 0.1) is 29.5 Å². The van der Waals surface area contributed by atoms with E-state index in [0.717, 1.165) is 10.5 Å². The highest BCUT2D eigenvalue weighted by molar-refractivity contribution is 6.21. The molecular formula is C27H25NO6. The molecule has 0 spiro atoms. The lowest BCUT2D eigenvalue weighted by Crippen LogP contribution is -2.28. The SMILES string of the molecule is CC(OC(=O)c1ccc2c(c1)C(=O)N(Cc1ccco1)C2=O)C(=O)c1ccc(C(C)(C)C)cc1. The van der Waals surface area contributed by atoms with Gasteiger partial charge in [0, 0.05) is 5.56 Å². The third-order valence-corrected chi connectivity index (χ3v) is 5.79. The molecule has 1 aliphatic heterocycles. The Hall–Kier alpha value is -4.00. The molecule has 3 aromatic rings. The molecule has 4 rings (SSSR count). The van der Waals surface area contributed by atoms with Gasteiger partial charge >= 0.3 is 5.97 Å². The number of benzene rings is 2. The van der Waals surface area contributed by atoms with Crippen molar-refractivity contribution < 1.29 is 28.3 Å². The molecule has 0 bridgehead atoms. The van der Waals surface area contributed by atoms with Crippen LogP contribution in [0.3, 0.4) is 0 Å². The van der Waals surface area contributed by atoms with E-state index in [-0.39, 0.29) is 34.4 Å². The Labute approximate surface area is 197 Å². The van der Waals surface area contributed by atoms with E-state index in [0.29, 0.717) is 11.3 Å². The summed E-state index contributed by atoms with van der Waals surface area (Å²) in [5.74, 6) is -1.59. The van der Waals surface area contributed by atoms with Crippen LogP contribution in [0.25, 0.3) is 0 Å². The largest absolute Gasteiger partial charge is 0.467 e. The Morgan fingerprint density at radius 1 is 0.941 bits per heavy atom.